The van der Waals surface area contributed by atoms with Gasteiger partial charge in [0.1, 0.15) is 5.60 Å². The number of aryl methyl sites for hydroxylation is 1. The van der Waals surface area contributed by atoms with E-state index in [4.69, 9.17) is 4.43 Å². The van der Waals surface area contributed by atoms with Gasteiger partial charge in [0, 0.05) is 0 Å². The van der Waals surface area contributed by atoms with Crippen LogP contribution in [0.2, 0.25) is 13.1 Å². The van der Waals surface area contributed by atoms with Gasteiger partial charge in [-0.05, 0) is 38.4 Å². The van der Waals surface area contributed by atoms with Crippen molar-refractivity contribution in [1.82, 2.24) is 0 Å². The van der Waals surface area contributed by atoms with Gasteiger partial charge in [-0.1, -0.05) is 36.0 Å². The monoisotopic (exact) mass is 259 g/mol. The normalized spacial score (nSPS) is 14.6. The van der Waals surface area contributed by atoms with Crippen LogP contribution >= 0.6 is 0 Å². The van der Waals surface area contributed by atoms with E-state index in [-0.39, 0.29) is 0 Å². The molecule has 0 aliphatic rings. The molecule has 96 valence electrons. The molecule has 18 heavy (non-hydrogen) atoms. The van der Waals surface area contributed by atoms with E-state index >= 15 is 0 Å². The Morgan fingerprint density at radius 2 is 2.00 bits per heavy atom. The van der Waals surface area contributed by atoms with Crippen LogP contribution in [0.4, 0.5) is 0 Å². The van der Waals surface area contributed by atoms with E-state index in [1.807, 2.05) is 30.8 Å². The van der Waals surface area contributed by atoms with E-state index in [0.717, 1.165) is 6.42 Å². The second-order valence-electron chi connectivity index (χ2n) is 5.24. The van der Waals surface area contributed by atoms with Gasteiger partial charge in [-0.3, -0.25) is 0 Å². The molecular formula is C15H21NOSi. The lowest BCUT2D eigenvalue weighted by Crippen LogP contribution is -2.41. The van der Waals surface area contributed by atoms with E-state index in [1.165, 1.54) is 5.56 Å². The Balaban J connectivity index is 2.67. The average molecular weight is 259 g/mol. The van der Waals surface area contributed by atoms with Crippen LogP contribution in [0.25, 0.3) is 0 Å². The fourth-order valence-corrected chi connectivity index (χ4v) is 3.17. The second-order valence-corrected chi connectivity index (χ2v) is 9.06. The molecule has 0 aromatic heterocycles. The van der Waals surface area contributed by atoms with Gasteiger partial charge in [0.25, 0.3) is 0 Å². The van der Waals surface area contributed by atoms with Crippen molar-refractivity contribution in [1.29, 1.82) is 5.26 Å². The number of nitrogens with zero attached hydrogens (tertiary/aromatic N) is 1. The number of benzene rings is 1. The van der Waals surface area contributed by atoms with Gasteiger partial charge in [0.05, 0.1) is 6.07 Å². The third-order valence-electron chi connectivity index (χ3n) is 2.95. The van der Waals surface area contributed by atoms with Gasteiger partial charge in [0.2, 0.25) is 8.32 Å². The summed E-state index contributed by atoms with van der Waals surface area (Å²) in [5, 5.41) is 9.34. The minimum atomic E-state index is -1.93. The van der Waals surface area contributed by atoms with Crippen molar-refractivity contribution in [2.45, 2.75) is 38.5 Å². The minimum Gasteiger partial charge on any atom is -0.396 e. The predicted molar refractivity (Wildman–Crippen MR) is 77.5 cm³/mol. The lowest BCUT2D eigenvalue weighted by Gasteiger charge is -2.30. The molecular weight excluding hydrogens is 238 g/mol. The quantitative estimate of drug-likeness (QED) is 0.727. The Labute approximate surface area is 111 Å². The first-order valence-electron chi connectivity index (χ1n) is 6.20. The molecule has 1 unspecified atom stereocenters. The standard InChI is InChI=1S/C15H21NOSi/c1-5-18(3,4)17-15(2,13-16)12-11-14-9-7-6-8-10-14/h5-10H,1,11-12H2,2-4H3. The summed E-state index contributed by atoms with van der Waals surface area (Å²) < 4.78 is 6.01. The summed E-state index contributed by atoms with van der Waals surface area (Å²) >= 11 is 0. The Morgan fingerprint density at radius 1 is 1.39 bits per heavy atom. The summed E-state index contributed by atoms with van der Waals surface area (Å²) in [5.41, 5.74) is 2.38. The second kappa shape index (κ2) is 5.99. The number of rotatable bonds is 6. The van der Waals surface area contributed by atoms with Crippen LogP contribution < -0.4 is 0 Å². The molecule has 1 aromatic rings. The Bertz CT molecular complexity index is 436. The first-order chi connectivity index (χ1) is 8.41. The third-order valence-corrected chi connectivity index (χ3v) is 4.91. The lowest BCUT2D eigenvalue weighted by molar-refractivity contribution is 0.132. The summed E-state index contributed by atoms with van der Waals surface area (Å²) in [6.45, 7) is 9.77. The maximum atomic E-state index is 9.34. The van der Waals surface area contributed by atoms with Gasteiger partial charge < -0.3 is 4.43 Å². The van der Waals surface area contributed by atoms with E-state index in [0.29, 0.717) is 6.42 Å². The summed E-state index contributed by atoms with van der Waals surface area (Å²) in [5.74, 6) is 0. The summed E-state index contributed by atoms with van der Waals surface area (Å²) in [7, 11) is -1.93. The van der Waals surface area contributed by atoms with Crippen molar-refractivity contribution in [3.05, 3.63) is 48.2 Å². The first kappa shape index (κ1) is 14.7. The van der Waals surface area contributed by atoms with E-state index < -0.39 is 13.9 Å². The van der Waals surface area contributed by atoms with Crippen LogP contribution in [0.5, 0.6) is 0 Å². The third kappa shape index (κ3) is 4.48. The summed E-state index contributed by atoms with van der Waals surface area (Å²) in [4.78, 5) is 0. The van der Waals surface area contributed by atoms with E-state index in [2.05, 4.69) is 37.9 Å². The van der Waals surface area contributed by atoms with Crippen LogP contribution in [0, 0.1) is 11.3 Å². The van der Waals surface area contributed by atoms with Crippen LogP contribution in [0.15, 0.2) is 42.6 Å². The Hall–Kier alpha value is -1.37. The zero-order chi connectivity index (χ0) is 13.6. The SMILES string of the molecule is C=C[Si](C)(C)OC(C)(C#N)CCc1ccccc1. The molecule has 1 atom stereocenters. The molecule has 3 heteroatoms. The largest absolute Gasteiger partial charge is 0.396 e. The maximum absolute atomic E-state index is 9.34. The van der Waals surface area contributed by atoms with Gasteiger partial charge in [-0.15, -0.1) is 6.58 Å². The predicted octanol–water partition coefficient (Wildman–Crippen LogP) is 3.85. The molecule has 0 bridgehead atoms. The van der Waals surface area contributed by atoms with Gasteiger partial charge in [-0.2, -0.15) is 5.26 Å². The van der Waals surface area contributed by atoms with E-state index in [9.17, 15) is 5.26 Å². The van der Waals surface area contributed by atoms with Crippen molar-refractivity contribution in [2.24, 2.45) is 0 Å². The maximum Gasteiger partial charge on any atom is 0.212 e. The smallest absolute Gasteiger partial charge is 0.212 e. The highest BCUT2D eigenvalue weighted by molar-refractivity contribution is 6.76. The molecule has 0 heterocycles. The molecule has 0 amide bonds. The number of nitriles is 1. The highest BCUT2D eigenvalue weighted by atomic mass is 28.4. The topological polar surface area (TPSA) is 33.0 Å². The molecule has 0 spiro atoms. The molecule has 0 radical (unpaired) electrons. The Kier molecular flexibility index (Phi) is 4.89. The molecule has 1 rings (SSSR count). The first-order valence-corrected chi connectivity index (χ1v) is 9.18. The molecule has 0 saturated carbocycles. The van der Waals surface area contributed by atoms with Gasteiger partial charge in [0.15, 0.2) is 0 Å². The van der Waals surface area contributed by atoms with Crippen molar-refractivity contribution < 1.29 is 4.43 Å². The van der Waals surface area contributed by atoms with Gasteiger partial charge >= 0.3 is 0 Å². The molecule has 0 fully saturated rings. The molecule has 0 aliphatic carbocycles. The van der Waals surface area contributed by atoms with Gasteiger partial charge in [-0.25, -0.2) is 0 Å². The van der Waals surface area contributed by atoms with Crippen LogP contribution in [-0.2, 0) is 10.8 Å². The fraction of sp³-hybridized carbons (Fsp3) is 0.400. The zero-order valence-electron chi connectivity index (χ0n) is 11.4. The molecule has 0 N–H and O–H groups in total. The highest BCUT2D eigenvalue weighted by Gasteiger charge is 2.32. The van der Waals surface area contributed by atoms with Crippen molar-refractivity contribution in [3.8, 4) is 6.07 Å². The van der Waals surface area contributed by atoms with Crippen molar-refractivity contribution >= 4 is 8.32 Å². The van der Waals surface area contributed by atoms with Crippen LogP contribution in [0.3, 0.4) is 0 Å². The molecule has 0 aliphatic heterocycles. The van der Waals surface area contributed by atoms with E-state index in [1.54, 1.807) is 0 Å². The van der Waals surface area contributed by atoms with Crippen molar-refractivity contribution in [3.63, 3.8) is 0 Å². The summed E-state index contributed by atoms with van der Waals surface area (Å²) in [6, 6.07) is 12.5. The molecule has 2 nitrogen and oxygen atoms in total. The number of hydrogen-bond acceptors (Lipinski definition) is 2. The highest BCUT2D eigenvalue weighted by Crippen LogP contribution is 2.23. The number of hydrogen-bond donors (Lipinski definition) is 0. The summed E-state index contributed by atoms with van der Waals surface area (Å²) in [6.07, 6.45) is 1.56. The Morgan fingerprint density at radius 3 is 2.50 bits per heavy atom. The van der Waals surface area contributed by atoms with Crippen LogP contribution in [-0.4, -0.2) is 13.9 Å². The minimum absolute atomic E-state index is 0.706. The molecule has 1 aromatic carbocycles. The fourth-order valence-electron chi connectivity index (χ4n) is 1.78. The lowest BCUT2D eigenvalue weighted by atomic mass is 9.98. The van der Waals surface area contributed by atoms with Crippen LogP contribution in [0.1, 0.15) is 18.9 Å². The average Bonchev–Trinajstić information content (AvgIpc) is 2.37. The van der Waals surface area contributed by atoms with Crippen molar-refractivity contribution in [2.75, 3.05) is 0 Å². The zero-order valence-corrected chi connectivity index (χ0v) is 12.4. The molecule has 0 saturated heterocycles.